The summed E-state index contributed by atoms with van der Waals surface area (Å²) in [7, 11) is 2.04. The minimum absolute atomic E-state index is 0.0360. The molecule has 0 N–H and O–H groups in total. The summed E-state index contributed by atoms with van der Waals surface area (Å²) in [5, 5.41) is 9.59. The van der Waals surface area contributed by atoms with Crippen molar-refractivity contribution >= 4 is 5.69 Å². The summed E-state index contributed by atoms with van der Waals surface area (Å²) >= 11 is 0. The van der Waals surface area contributed by atoms with Crippen LogP contribution < -0.4 is 4.90 Å². The van der Waals surface area contributed by atoms with Crippen molar-refractivity contribution in [3.8, 4) is 6.07 Å². The van der Waals surface area contributed by atoms with Crippen LogP contribution >= 0.6 is 0 Å². The zero-order chi connectivity index (χ0) is 13.7. The van der Waals surface area contributed by atoms with Crippen LogP contribution in [0.4, 0.5) is 5.69 Å². The van der Waals surface area contributed by atoms with Crippen LogP contribution in [-0.4, -0.2) is 13.1 Å². The van der Waals surface area contributed by atoms with E-state index in [0.717, 1.165) is 12.1 Å². The Hall–Kier alpha value is -1.75. The first-order valence-electron chi connectivity index (χ1n) is 7.08. The lowest BCUT2D eigenvalue weighted by Gasteiger charge is -2.31. The Labute approximate surface area is 116 Å². The summed E-state index contributed by atoms with van der Waals surface area (Å²) in [5.74, 6) is 1.01. The van der Waals surface area contributed by atoms with E-state index >= 15 is 0 Å². The number of nitriles is 1. The smallest absolute Gasteiger partial charge is 0.120 e. The highest BCUT2D eigenvalue weighted by Gasteiger charge is 2.34. The van der Waals surface area contributed by atoms with Crippen molar-refractivity contribution in [3.05, 3.63) is 42.5 Å². The number of benzene rings is 1. The summed E-state index contributed by atoms with van der Waals surface area (Å²) in [5.41, 5.74) is 1.13. The van der Waals surface area contributed by atoms with E-state index < -0.39 is 0 Å². The third kappa shape index (κ3) is 2.98. The number of para-hydroxylation sites is 1. The van der Waals surface area contributed by atoms with Gasteiger partial charge in [-0.15, -0.1) is 0 Å². The molecule has 1 aliphatic rings. The van der Waals surface area contributed by atoms with Crippen molar-refractivity contribution in [1.82, 2.24) is 0 Å². The van der Waals surface area contributed by atoms with Crippen molar-refractivity contribution in [3.63, 3.8) is 0 Å². The maximum absolute atomic E-state index is 9.59. The summed E-state index contributed by atoms with van der Waals surface area (Å²) in [4.78, 5) is 2.13. The first-order valence-corrected chi connectivity index (χ1v) is 7.08. The number of nitrogens with zero attached hydrogens (tertiary/aromatic N) is 2. The number of rotatable bonds is 4. The molecule has 0 saturated heterocycles. The van der Waals surface area contributed by atoms with Gasteiger partial charge in [-0.05, 0) is 43.7 Å². The van der Waals surface area contributed by atoms with Crippen LogP contribution in [0.25, 0.3) is 0 Å². The van der Waals surface area contributed by atoms with Gasteiger partial charge in [-0.3, -0.25) is 0 Å². The molecule has 19 heavy (non-hydrogen) atoms. The molecule has 0 aliphatic heterocycles. The van der Waals surface area contributed by atoms with Crippen molar-refractivity contribution in [2.45, 2.75) is 32.2 Å². The molecule has 3 atom stereocenters. The Kier molecular flexibility index (Phi) is 4.63. The molecule has 100 valence electrons. The third-order valence-electron chi connectivity index (χ3n) is 4.18. The topological polar surface area (TPSA) is 27.0 Å². The fourth-order valence-corrected chi connectivity index (χ4v) is 3.19. The maximum atomic E-state index is 9.59. The second-order valence-corrected chi connectivity index (χ2v) is 5.30. The van der Waals surface area contributed by atoms with Gasteiger partial charge in [0.2, 0.25) is 0 Å². The van der Waals surface area contributed by atoms with Crippen LogP contribution in [0.3, 0.4) is 0 Å². The van der Waals surface area contributed by atoms with Crippen LogP contribution in [0.1, 0.15) is 26.2 Å². The van der Waals surface area contributed by atoms with Gasteiger partial charge in [0.1, 0.15) is 6.04 Å². The van der Waals surface area contributed by atoms with Crippen molar-refractivity contribution in [1.29, 1.82) is 5.26 Å². The predicted octanol–water partition coefficient (Wildman–Crippen LogP) is 4.01. The largest absolute Gasteiger partial charge is 0.359 e. The van der Waals surface area contributed by atoms with Crippen LogP contribution in [0.2, 0.25) is 0 Å². The highest BCUT2D eigenvalue weighted by Crippen LogP contribution is 2.37. The van der Waals surface area contributed by atoms with Gasteiger partial charge in [0.25, 0.3) is 0 Å². The minimum atomic E-state index is -0.0360. The number of allylic oxidation sites excluding steroid dienone is 2. The zero-order valence-electron chi connectivity index (χ0n) is 11.8. The fourth-order valence-electron chi connectivity index (χ4n) is 3.19. The summed E-state index contributed by atoms with van der Waals surface area (Å²) in [6.45, 7) is 2.07. The molecule has 0 amide bonds. The molecule has 0 aromatic heterocycles. The van der Waals surface area contributed by atoms with E-state index in [0.29, 0.717) is 11.8 Å². The van der Waals surface area contributed by atoms with E-state index in [-0.39, 0.29) is 6.04 Å². The molecule has 1 saturated carbocycles. The molecule has 2 heteroatoms. The molecular formula is C17H22N2. The van der Waals surface area contributed by atoms with Crippen LogP contribution in [0.15, 0.2) is 42.5 Å². The molecule has 1 fully saturated rings. The second kappa shape index (κ2) is 6.43. The summed E-state index contributed by atoms with van der Waals surface area (Å²) in [6.07, 6.45) is 8.02. The average molecular weight is 254 g/mol. The quantitative estimate of drug-likeness (QED) is 0.759. The highest BCUT2D eigenvalue weighted by molar-refractivity contribution is 5.48. The SMILES string of the molecule is C/C=C/[C@H]1CCC[C@@H]1[C@@H](C#N)N(C)c1ccccc1. The molecule has 1 aromatic carbocycles. The van der Waals surface area contributed by atoms with Gasteiger partial charge >= 0.3 is 0 Å². The van der Waals surface area contributed by atoms with Gasteiger partial charge in [0, 0.05) is 12.7 Å². The summed E-state index contributed by atoms with van der Waals surface area (Å²) < 4.78 is 0. The highest BCUT2D eigenvalue weighted by atomic mass is 15.1. The third-order valence-corrected chi connectivity index (χ3v) is 4.18. The number of hydrogen-bond acceptors (Lipinski definition) is 2. The minimum Gasteiger partial charge on any atom is -0.359 e. The number of hydrogen-bond donors (Lipinski definition) is 0. The van der Waals surface area contributed by atoms with Crippen LogP contribution in [0, 0.1) is 23.2 Å². The molecule has 0 unspecified atom stereocenters. The van der Waals surface area contributed by atoms with Crippen molar-refractivity contribution in [2.24, 2.45) is 11.8 Å². The lowest BCUT2D eigenvalue weighted by atomic mass is 9.88. The van der Waals surface area contributed by atoms with Crippen LogP contribution in [0.5, 0.6) is 0 Å². The van der Waals surface area contributed by atoms with Gasteiger partial charge in [-0.25, -0.2) is 0 Å². The van der Waals surface area contributed by atoms with E-state index in [4.69, 9.17) is 0 Å². The Morgan fingerprint density at radius 3 is 2.68 bits per heavy atom. The standard InChI is InChI=1S/C17H22N2/c1-3-8-14-9-7-12-16(14)17(13-18)19(2)15-10-5-4-6-11-15/h3-6,8,10-11,14,16-17H,7,9,12H2,1-2H3/b8-3+/t14-,16-,17+/m0/s1. The van der Waals surface area contributed by atoms with E-state index in [2.05, 4.69) is 42.2 Å². The Balaban J connectivity index is 2.18. The lowest BCUT2D eigenvalue weighted by molar-refractivity contribution is 0.410. The van der Waals surface area contributed by atoms with Crippen LogP contribution in [-0.2, 0) is 0 Å². The second-order valence-electron chi connectivity index (χ2n) is 5.30. The lowest BCUT2D eigenvalue weighted by Crippen LogP contribution is -2.38. The summed E-state index contributed by atoms with van der Waals surface area (Å²) in [6, 6.07) is 12.7. The molecule has 1 aromatic rings. The Morgan fingerprint density at radius 1 is 1.32 bits per heavy atom. The Bertz CT molecular complexity index is 458. The van der Waals surface area contributed by atoms with Gasteiger partial charge in [-0.2, -0.15) is 5.26 Å². The number of anilines is 1. The molecule has 0 radical (unpaired) electrons. The van der Waals surface area contributed by atoms with E-state index in [1.54, 1.807) is 0 Å². The van der Waals surface area contributed by atoms with Gasteiger partial charge in [0.05, 0.1) is 6.07 Å². The Morgan fingerprint density at radius 2 is 2.05 bits per heavy atom. The normalized spacial score (nSPS) is 24.3. The molecule has 2 rings (SSSR count). The van der Waals surface area contributed by atoms with Gasteiger partial charge in [-0.1, -0.05) is 36.8 Å². The first-order chi connectivity index (χ1) is 9.27. The average Bonchev–Trinajstić information content (AvgIpc) is 2.89. The van der Waals surface area contributed by atoms with E-state index in [1.165, 1.54) is 12.8 Å². The van der Waals surface area contributed by atoms with Gasteiger partial charge < -0.3 is 4.90 Å². The van der Waals surface area contributed by atoms with E-state index in [1.807, 2.05) is 25.2 Å². The maximum Gasteiger partial charge on any atom is 0.120 e. The van der Waals surface area contributed by atoms with Crippen molar-refractivity contribution in [2.75, 3.05) is 11.9 Å². The monoisotopic (exact) mass is 254 g/mol. The first kappa shape index (κ1) is 13.7. The molecule has 1 aliphatic carbocycles. The van der Waals surface area contributed by atoms with Crippen molar-refractivity contribution < 1.29 is 0 Å². The molecule has 2 nitrogen and oxygen atoms in total. The molecule has 0 heterocycles. The molecule has 0 spiro atoms. The van der Waals surface area contributed by atoms with E-state index in [9.17, 15) is 5.26 Å². The fraction of sp³-hybridized carbons (Fsp3) is 0.471. The molecule has 0 bridgehead atoms. The van der Waals surface area contributed by atoms with Gasteiger partial charge in [0.15, 0.2) is 0 Å². The zero-order valence-corrected chi connectivity index (χ0v) is 11.8. The predicted molar refractivity (Wildman–Crippen MR) is 79.9 cm³/mol. The molecular weight excluding hydrogens is 232 g/mol.